The van der Waals surface area contributed by atoms with Gasteiger partial charge < -0.3 is 15.6 Å². The number of nitrogens with one attached hydrogen (secondary N) is 1. The van der Waals surface area contributed by atoms with Gasteiger partial charge in [0.15, 0.2) is 0 Å². The topological polar surface area (TPSA) is 62.1 Å². The molecule has 2 aromatic carbocycles. The maximum atomic E-state index is 12.9. The molecule has 1 fully saturated rings. The van der Waals surface area contributed by atoms with E-state index in [0.29, 0.717) is 6.42 Å². The van der Waals surface area contributed by atoms with E-state index in [0.717, 1.165) is 48.3 Å². The standard InChI is InChI=1S/C21H23N3O.ClH/c22-17-10-8-15(9-11-17)13-21(25)24-12-4-3-7-20(24)19-14-16-5-1-2-6-18(16)23-19;/h1-2,5-6,8-11,14,20,23H,3-4,7,12-13,22H2;1H. The third-order valence-corrected chi connectivity index (χ3v) is 5.07. The number of carbonyl (C=O) groups is 1. The van der Waals surface area contributed by atoms with Crippen LogP contribution in [-0.4, -0.2) is 22.3 Å². The zero-order valence-corrected chi connectivity index (χ0v) is 15.5. The van der Waals surface area contributed by atoms with Crippen LogP contribution in [0.5, 0.6) is 0 Å². The van der Waals surface area contributed by atoms with Gasteiger partial charge in [0.1, 0.15) is 0 Å². The van der Waals surface area contributed by atoms with E-state index in [9.17, 15) is 4.79 Å². The molecule has 1 aromatic heterocycles. The first-order valence-electron chi connectivity index (χ1n) is 8.92. The number of carbonyl (C=O) groups excluding carboxylic acids is 1. The Labute approximate surface area is 159 Å². The molecule has 5 heteroatoms. The van der Waals surface area contributed by atoms with Crippen molar-refractivity contribution in [1.82, 2.24) is 9.88 Å². The van der Waals surface area contributed by atoms with Crippen LogP contribution in [0.4, 0.5) is 5.69 Å². The van der Waals surface area contributed by atoms with Crippen LogP contribution in [0.25, 0.3) is 10.9 Å². The fraction of sp³-hybridized carbons (Fsp3) is 0.286. The van der Waals surface area contributed by atoms with Crippen LogP contribution in [0.2, 0.25) is 0 Å². The number of rotatable bonds is 3. The lowest BCUT2D eigenvalue weighted by Gasteiger charge is -2.35. The van der Waals surface area contributed by atoms with Crippen LogP contribution in [0, 0.1) is 0 Å². The van der Waals surface area contributed by atoms with E-state index in [1.807, 2.05) is 41.3 Å². The van der Waals surface area contributed by atoms with Crippen molar-refractivity contribution in [3.05, 3.63) is 65.9 Å². The lowest BCUT2D eigenvalue weighted by Crippen LogP contribution is -2.39. The summed E-state index contributed by atoms with van der Waals surface area (Å²) in [5, 5.41) is 1.20. The Bertz CT molecular complexity index is 855. The normalized spacial score (nSPS) is 17.1. The highest BCUT2D eigenvalue weighted by atomic mass is 35.5. The van der Waals surface area contributed by atoms with E-state index in [1.54, 1.807) is 0 Å². The molecule has 0 bridgehead atoms. The van der Waals surface area contributed by atoms with Crippen molar-refractivity contribution in [2.24, 2.45) is 0 Å². The van der Waals surface area contributed by atoms with Gasteiger partial charge in [-0.3, -0.25) is 4.79 Å². The molecule has 26 heavy (non-hydrogen) atoms. The van der Waals surface area contributed by atoms with Crippen LogP contribution in [0.15, 0.2) is 54.6 Å². The summed E-state index contributed by atoms with van der Waals surface area (Å²) in [6.45, 7) is 0.827. The maximum absolute atomic E-state index is 12.9. The smallest absolute Gasteiger partial charge is 0.227 e. The highest BCUT2D eigenvalue weighted by Gasteiger charge is 2.28. The highest BCUT2D eigenvalue weighted by Crippen LogP contribution is 2.32. The summed E-state index contributed by atoms with van der Waals surface area (Å²) in [4.78, 5) is 18.5. The number of aromatic amines is 1. The van der Waals surface area contributed by atoms with Gasteiger partial charge in [-0.2, -0.15) is 0 Å². The number of fused-ring (bicyclic) bond motifs is 1. The first-order valence-corrected chi connectivity index (χ1v) is 8.92. The Morgan fingerprint density at radius 2 is 1.88 bits per heavy atom. The predicted molar refractivity (Wildman–Crippen MR) is 108 cm³/mol. The zero-order chi connectivity index (χ0) is 17.2. The fourth-order valence-corrected chi connectivity index (χ4v) is 3.74. The number of piperidine rings is 1. The molecule has 1 aliphatic rings. The summed E-state index contributed by atoms with van der Waals surface area (Å²) >= 11 is 0. The van der Waals surface area contributed by atoms with Gasteiger partial charge in [-0.25, -0.2) is 0 Å². The number of likely N-dealkylation sites (tertiary alicyclic amines) is 1. The molecular formula is C21H24ClN3O. The van der Waals surface area contributed by atoms with Crippen molar-refractivity contribution in [1.29, 1.82) is 0 Å². The quantitative estimate of drug-likeness (QED) is 0.669. The summed E-state index contributed by atoms with van der Waals surface area (Å²) in [6, 6.07) is 18.2. The molecule has 3 N–H and O–H groups in total. The molecule has 136 valence electrons. The molecule has 1 saturated heterocycles. The third kappa shape index (κ3) is 3.70. The number of aromatic nitrogens is 1. The first-order chi connectivity index (χ1) is 12.2. The molecule has 4 nitrogen and oxygen atoms in total. The first kappa shape index (κ1) is 18.3. The summed E-state index contributed by atoms with van der Waals surface area (Å²) < 4.78 is 0. The highest BCUT2D eigenvalue weighted by molar-refractivity contribution is 5.85. The van der Waals surface area contributed by atoms with Crippen LogP contribution in [0.1, 0.15) is 36.6 Å². The van der Waals surface area contributed by atoms with Crippen molar-refractivity contribution in [3.8, 4) is 0 Å². The van der Waals surface area contributed by atoms with Crippen molar-refractivity contribution >= 4 is 34.9 Å². The number of amides is 1. The zero-order valence-electron chi connectivity index (χ0n) is 14.7. The molecule has 3 aromatic rings. The number of nitrogens with two attached hydrogens (primary N) is 1. The molecule has 1 amide bonds. The summed E-state index contributed by atoms with van der Waals surface area (Å²) in [5.74, 6) is 0.188. The molecule has 1 atom stereocenters. The van der Waals surface area contributed by atoms with Gasteiger partial charge in [0.05, 0.1) is 12.5 Å². The van der Waals surface area contributed by atoms with Gasteiger partial charge in [-0.15, -0.1) is 12.4 Å². The second-order valence-electron chi connectivity index (χ2n) is 6.83. The monoisotopic (exact) mass is 369 g/mol. The second-order valence-corrected chi connectivity index (χ2v) is 6.83. The Kier molecular flexibility index (Phi) is 5.52. The lowest BCUT2D eigenvalue weighted by atomic mass is 9.98. The number of para-hydroxylation sites is 1. The number of hydrogen-bond acceptors (Lipinski definition) is 2. The number of anilines is 1. The molecule has 4 rings (SSSR count). The van der Waals surface area contributed by atoms with Crippen LogP contribution < -0.4 is 5.73 Å². The Morgan fingerprint density at radius 3 is 2.65 bits per heavy atom. The minimum Gasteiger partial charge on any atom is -0.399 e. The summed E-state index contributed by atoms with van der Waals surface area (Å²) in [5.41, 5.74) is 9.76. The summed E-state index contributed by atoms with van der Waals surface area (Å²) in [7, 11) is 0. The van der Waals surface area contributed by atoms with Gasteiger partial charge in [-0.1, -0.05) is 30.3 Å². The van der Waals surface area contributed by atoms with Gasteiger partial charge in [0.2, 0.25) is 5.91 Å². The van der Waals surface area contributed by atoms with E-state index in [2.05, 4.69) is 23.2 Å². The maximum Gasteiger partial charge on any atom is 0.227 e. The lowest BCUT2D eigenvalue weighted by molar-refractivity contribution is -0.134. The minimum atomic E-state index is 0. The fourth-order valence-electron chi connectivity index (χ4n) is 3.74. The molecule has 0 spiro atoms. The van der Waals surface area contributed by atoms with Crippen LogP contribution >= 0.6 is 12.4 Å². The van der Waals surface area contributed by atoms with Gasteiger partial charge >= 0.3 is 0 Å². The van der Waals surface area contributed by atoms with E-state index in [4.69, 9.17) is 5.73 Å². The number of nitrogens with zero attached hydrogens (tertiary/aromatic N) is 1. The Hall–Kier alpha value is -2.46. The molecule has 0 saturated carbocycles. The molecule has 2 heterocycles. The molecule has 1 unspecified atom stereocenters. The van der Waals surface area contributed by atoms with Crippen molar-refractivity contribution in [2.45, 2.75) is 31.7 Å². The Morgan fingerprint density at radius 1 is 1.12 bits per heavy atom. The van der Waals surface area contributed by atoms with Gasteiger partial charge in [-0.05, 0) is 54.5 Å². The van der Waals surface area contributed by atoms with E-state index in [-0.39, 0.29) is 24.4 Å². The van der Waals surface area contributed by atoms with E-state index >= 15 is 0 Å². The number of hydrogen-bond donors (Lipinski definition) is 2. The van der Waals surface area contributed by atoms with Gasteiger partial charge in [0, 0.05) is 23.4 Å². The van der Waals surface area contributed by atoms with Crippen molar-refractivity contribution < 1.29 is 4.79 Å². The summed E-state index contributed by atoms with van der Waals surface area (Å²) in [6.07, 6.45) is 3.67. The molecule has 1 aliphatic heterocycles. The second kappa shape index (κ2) is 7.83. The number of H-pyrrole nitrogens is 1. The predicted octanol–water partition coefficient (Wildman–Crippen LogP) is 4.47. The Balaban J connectivity index is 0.00000196. The molecular weight excluding hydrogens is 346 g/mol. The minimum absolute atomic E-state index is 0. The van der Waals surface area contributed by atoms with E-state index in [1.165, 1.54) is 5.39 Å². The number of nitrogen functional groups attached to an aromatic ring is 1. The number of halogens is 1. The third-order valence-electron chi connectivity index (χ3n) is 5.07. The van der Waals surface area contributed by atoms with E-state index < -0.39 is 0 Å². The van der Waals surface area contributed by atoms with Crippen molar-refractivity contribution in [3.63, 3.8) is 0 Å². The average molecular weight is 370 g/mol. The average Bonchev–Trinajstić information content (AvgIpc) is 3.07. The van der Waals surface area contributed by atoms with Crippen LogP contribution in [0.3, 0.4) is 0 Å². The SMILES string of the molecule is Cl.Nc1ccc(CC(=O)N2CCCCC2c2cc3ccccc3[nH]2)cc1. The van der Waals surface area contributed by atoms with Gasteiger partial charge in [0.25, 0.3) is 0 Å². The largest absolute Gasteiger partial charge is 0.399 e. The number of benzene rings is 2. The van der Waals surface area contributed by atoms with Crippen LogP contribution in [-0.2, 0) is 11.2 Å². The van der Waals surface area contributed by atoms with Crippen molar-refractivity contribution in [2.75, 3.05) is 12.3 Å². The molecule has 0 aliphatic carbocycles. The molecule has 0 radical (unpaired) electrons.